The Morgan fingerprint density at radius 3 is 2.71 bits per heavy atom. The van der Waals surface area contributed by atoms with Crippen molar-refractivity contribution in [3.05, 3.63) is 33.8 Å². The molecule has 17 heavy (non-hydrogen) atoms. The Bertz CT molecular complexity index is 394. The molecule has 1 aromatic carbocycles. The van der Waals surface area contributed by atoms with E-state index in [-0.39, 0.29) is 0 Å². The Balaban J connectivity index is 1.99. The first-order valence-corrected chi connectivity index (χ1v) is 7.06. The summed E-state index contributed by atoms with van der Waals surface area (Å²) in [7, 11) is 0. The third-order valence-electron chi connectivity index (χ3n) is 3.27. The lowest BCUT2D eigenvalue weighted by Crippen LogP contribution is -2.39. The summed E-state index contributed by atoms with van der Waals surface area (Å²) < 4.78 is 0. The molecule has 0 N–H and O–H groups in total. The average molecular weight is 293 g/mol. The Morgan fingerprint density at radius 1 is 1.29 bits per heavy atom. The fourth-order valence-electron chi connectivity index (χ4n) is 2.24. The van der Waals surface area contributed by atoms with Crippen LogP contribution in [0, 0.1) is 5.92 Å². The van der Waals surface area contributed by atoms with Crippen molar-refractivity contribution < 1.29 is 0 Å². The van der Waals surface area contributed by atoms with Gasteiger partial charge in [-0.25, -0.2) is 0 Å². The molecule has 1 aliphatic heterocycles. The van der Waals surface area contributed by atoms with Crippen molar-refractivity contribution in [2.45, 2.75) is 25.3 Å². The summed E-state index contributed by atoms with van der Waals surface area (Å²) in [5.74, 6) is 0.549. The van der Waals surface area contributed by atoms with Crippen molar-refractivity contribution in [2.75, 3.05) is 13.1 Å². The van der Waals surface area contributed by atoms with E-state index < -0.39 is 0 Å². The third kappa shape index (κ3) is 3.51. The molecule has 2 unspecified atom stereocenters. The number of benzene rings is 1. The maximum atomic E-state index is 6.22. The fourth-order valence-corrected chi connectivity index (χ4v) is 2.74. The smallest absolute Gasteiger partial charge is 0.0595 e. The van der Waals surface area contributed by atoms with Gasteiger partial charge in [-0.3, -0.25) is 4.90 Å². The van der Waals surface area contributed by atoms with Crippen molar-refractivity contribution in [2.24, 2.45) is 5.92 Å². The van der Waals surface area contributed by atoms with Crippen LogP contribution >= 0.6 is 34.8 Å². The van der Waals surface area contributed by atoms with Crippen LogP contribution < -0.4 is 0 Å². The quantitative estimate of drug-likeness (QED) is 0.728. The molecule has 0 spiro atoms. The van der Waals surface area contributed by atoms with Gasteiger partial charge in [-0.05, 0) is 36.6 Å². The summed E-state index contributed by atoms with van der Waals surface area (Å²) in [6, 6.07) is 5.84. The second kappa shape index (κ2) is 5.79. The highest BCUT2D eigenvalue weighted by Gasteiger charge is 2.24. The van der Waals surface area contributed by atoms with E-state index in [1.165, 1.54) is 5.56 Å². The first-order chi connectivity index (χ1) is 8.06. The van der Waals surface area contributed by atoms with Crippen LogP contribution in [0.1, 0.15) is 18.9 Å². The number of piperidine rings is 1. The maximum absolute atomic E-state index is 6.22. The van der Waals surface area contributed by atoms with Crippen LogP contribution in [0.5, 0.6) is 0 Å². The normalized spacial score (nSPS) is 26.1. The van der Waals surface area contributed by atoms with E-state index in [0.29, 0.717) is 21.3 Å². The molecule has 1 saturated heterocycles. The van der Waals surface area contributed by atoms with Crippen molar-refractivity contribution in [3.8, 4) is 0 Å². The molecule has 0 aromatic heterocycles. The van der Waals surface area contributed by atoms with Crippen LogP contribution in [-0.4, -0.2) is 23.4 Å². The number of alkyl halides is 1. The number of likely N-dealkylation sites (tertiary alicyclic amines) is 1. The zero-order chi connectivity index (χ0) is 12.4. The minimum atomic E-state index is 0.319. The van der Waals surface area contributed by atoms with Gasteiger partial charge in [0.2, 0.25) is 0 Å². The SMILES string of the molecule is CC1CN(Cc2ccc(Cl)c(Cl)c2)CCC1Cl. The molecule has 1 aliphatic rings. The molecule has 94 valence electrons. The second-order valence-corrected chi connectivity index (χ2v) is 6.14. The standard InChI is InChI=1S/C13H16Cl3N/c1-9-7-17(5-4-11(9)14)8-10-2-3-12(15)13(16)6-10/h2-3,6,9,11H,4-5,7-8H2,1H3. The molecule has 1 aromatic rings. The summed E-state index contributed by atoms with van der Waals surface area (Å²) in [4.78, 5) is 2.42. The summed E-state index contributed by atoms with van der Waals surface area (Å²) in [6.07, 6.45) is 1.06. The molecule has 1 heterocycles. The predicted octanol–water partition coefficient (Wildman–Crippen LogP) is 4.44. The van der Waals surface area contributed by atoms with Crippen LogP contribution in [0.3, 0.4) is 0 Å². The summed E-state index contributed by atoms with van der Waals surface area (Å²) >= 11 is 18.1. The highest BCUT2D eigenvalue weighted by Crippen LogP contribution is 2.26. The molecule has 0 amide bonds. The monoisotopic (exact) mass is 291 g/mol. The van der Waals surface area contributed by atoms with Gasteiger partial charge in [-0.15, -0.1) is 11.6 Å². The van der Waals surface area contributed by atoms with Gasteiger partial charge in [-0.1, -0.05) is 36.2 Å². The van der Waals surface area contributed by atoms with Crippen LogP contribution in [0.4, 0.5) is 0 Å². The molecule has 0 aliphatic carbocycles. The predicted molar refractivity (Wildman–Crippen MR) is 75.2 cm³/mol. The first-order valence-electron chi connectivity index (χ1n) is 5.86. The molecule has 1 fully saturated rings. The minimum Gasteiger partial charge on any atom is -0.299 e. The molecule has 0 bridgehead atoms. The molecule has 2 atom stereocenters. The molecule has 4 heteroatoms. The van der Waals surface area contributed by atoms with Crippen molar-refractivity contribution in [1.29, 1.82) is 0 Å². The largest absolute Gasteiger partial charge is 0.299 e. The van der Waals surface area contributed by atoms with Crippen LogP contribution in [0.25, 0.3) is 0 Å². The summed E-state index contributed by atoms with van der Waals surface area (Å²) in [5, 5.41) is 1.56. The summed E-state index contributed by atoms with van der Waals surface area (Å²) in [5.41, 5.74) is 1.21. The number of hydrogen-bond acceptors (Lipinski definition) is 1. The lowest BCUT2D eigenvalue weighted by atomic mass is 9.99. The van der Waals surface area contributed by atoms with Crippen molar-refractivity contribution >= 4 is 34.8 Å². The van der Waals surface area contributed by atoms with Gasteiger partial charge in [-0.2, -0.15) is 0 Å². The van der Waals surface area contributed by atoms with Gasteiger partial charge in [0.1, 0.15) is 0 Å². The molecular weight excluding hydrogens is 277 g/mol. The van der Waals surface area contributed by atoms with E-state index in [0.717, 1.165) is 26.1 Å². The van der Waals surface area contributed by atoms with Gasteiger partial charge in [0, 0.05) is 18.5 Å². The number of nitrogens with zero attached hydrogens (tertiary/aromatic N) is 1. The fraction of sp³-hybridized carbons (Fsp3) is 0.538. The molecule has 1 nitrogen and oxygen atoms in total. The zero-order valence-electron chi connectivity index (χ0n) is 9.80. The average Bonchev–Trinajstić information content (AvgIpc) is 2.29. The number of hydrogen-bond donors (Lipinski definition) is 0. The van der Waals surface area contributed by atoms with E-state index in [9.17, 15) is 0 Å². The summed E-state index contributed by atoms with van der Waals surface area (Å²) in [6.45, 7) is 5.23. The lowest BCUT2D eigenvalue weighted by molar-refractivity contribution is 0.180. The van der Waals surface area contributed by atoms with Crippen molar-refractivity contribution in [3.63, 3.8) is 0 Å². The van der Waals surface area contributed by atoms with E-state index in [1.807, 2.05) is 18.2 Å². The van der Waals surface area contributed by atoms with Crippen LogP contribution in [0.15, 0.2) is 18.2 Å². The van der Waals surface area contributed by atoms with Gasteiger partial charge in [0.15, 0.2) is 0 Å². The van der Waals surface area contributed by atoms with E-state index >= 15 is 0 Å². The van der Waals surface area contributed by atoms with E-state index in [2.05, 4.69) is 11.8 Å². The van der Waals surface area contributed by atoms with Crippen LogP contribution in [-0.2, 0) is 6.54 Å². The van der Waals surface area contributed by atoms with Crippen LogP contribution in [0.2, 0.25) is 10.0 Å². The Kier molecular flexibility index (Phi) is 4.59. The number of halogens is 3. The second-order valence-electron chi connectivity index (χ2n) is 4.77. The topological polar surface area (TPSA) is 3.24 Å². The lowest BCUT2D eigenvalue weighted by Gasteiger charge is -2.34. The van der Waals surface area contributed by atoms with Crippen molar-refractivity contribution in [1.82, 2.24) is 4.90 Å². The van der Waals surface area contributed by atoms with Gasteiger partial charge >= 0.3 is 0 Å². The minimum absolute atomic E-state index is 0.319. The molecule has 0 saturated carbocycles. The third-order valence-corrected chi connectivity index (χ3v) is 4.66. The molecule has 2 rings (SSSR count). The molecule has 0 radical (unpaired) electrons. The maximum Gasteiger partial charge on any atom is 0.0595 e. The van der Waals surface area contributed by atoms with Gasteiger partial charge < -0.3 is 0 Å². The number of rotatable bonds is 2. The van der Waals surface area contributed by atoms with Gasteiger partial charge in [0.05, 0.1) is 10.0 Å². The van der Waals surface area contributed by atoms with E-state index in [1.54, 1.807) is 0 Å². The highest BCUT2D eigenvalue weighted by molar-refractivity contribution is 6.42. The Morgan fingerprint density at radius 2 is 2.06 bits per heavy atom. The first kappa shape index (κ1) is 13.5. The van der Waals surface area contributed by atoms with E-state index in [4.69, 9.17) is 34.8 Å². The Labute approximate surface area is 118 Å². The Hall–Kier alpha value is 0.0500. The molecular formula is C13H16Cl3N. The van der Waals surface area contributed by atoms with Gasteiger partial charge in [0.25, 0.3) is 0 Å². The highest BCUT2D eigenvalue weighted by atomic mass is 35.5. The zero-order valence-corrected chi connectivity index (χ0v) is 12.1.